The molecule has 1 fully saturated rings. The average molecular weight is 371 g/mol. The van der Waals surface area contributed by atoms with Crippen molar-refractivity contribution in [1.82, 2.24) is 9.88 Å². The number of aromatic nitrogens is 1. The molecule has 0 spiro atoms. The van der Waals surface area contributed by atoms with Crippen molar-refractivity contribution in [3.05, 3.63) is 47.8 Å². The molecule has 8 heteroatoms. The molecule has 2 aliphatic rings. The predicted octanol–water partition coefficient (Wildman–Crippen LogP) is 2.31. The van der Waals surface area contributed by atoms with Crippen LogP contribution in [0.1, 0.15) is 21.3 Å². The topological polar surface area (TPSA) is 80.8 Å². The lowest BCUT2D eigenvalue weighted by Crippen LogP contribution is -2.42. The highest BCUT2D eigenvalue weighted by Crippen LogP contribution is 2.52. The summed E-state index contributed by atoms with van der Waals surface area (Å²) in [6, 6.07) is 6.61. The van der Waals surface area contributed by atoms with Gasteiger partial charge in [-0.3, -0.25) is 14.6 Å². The largest absolute Gasteiger partial charge is 0.493 e. The van der Waals surface area contributed by atoms with Crippen LogP contribution < -0.4 is 14.8 Å². The maximum Gasteiger partial charge on any atom is 0.260 e. The van der Waals surface area contributed by atoms with Crippen LogP contribution in [0.25, 0.3) is 0 Å². The van der Waals surface area contributed by atoms with Gasteiger partial charge in [-0.1, -0.05) is 6.07 Å². The van der Waals surface area contributed by atoms with Crippen LogP contribution >= 0.6 is 11.8 Å². The molecule has 2 aromatic rings. The first-order valence-corrected chi connectivity index (χ1v) is 9.10. The van der Waals surface area contributed by atoms with Gasteiger partial charge in [0.2, 0.25) is 5.91 Å². The van der Waals surface area contributed by atoms with Crippen LogP contribution in [0, 0.1) is 0 Å². The van der Waals surface area contributed by atoms with Crippen LogP contribution in [-0.2, 0) is 4.79 Å². The zero-order valence-corrected chi connectivity index (χ0v) is 15.1. The fourth-order valence-electron chi connectivity index (χ4n) is 3.36. The first-order chi connectivity index (χ1) is 12.7. The van der Waals surface area contributed by atoms with Gasteiger partial charge in [0.05, 0.1) is 31.7 Å². The molecular formula is C18H17N3O4S. The van der Waals surface area contributed by atoms with Gasteiger partial charge in [0.15, 0.2) is 11.5 Å². The van der Waals surface area contributed by atoms with Crippen LogP contribution in [0.15, 0.2) is 36.7 Å². The molecule has 7 nitrogen and oxygen atoms in total. The number of fused-ring (bicyclic) bond motifs is 3. The molecule has 0 bridgehead atoms. The lowest BCUT2D eigenvalue weighted by Gasteiger charge is -2.22. The van der Waals surface area contributed by atoms with E-state index in [-0.39, 0.29) is 17.2 Å². The van der Waals surface area contributed by atoms with E-state index in [2.05, 4.69) is 10.3 Å². The van der Waals surface area contributed by atoms with Gasteiger partial charge in [0, 0.05) is 17.5 Å². The number of carbonyl (C=O) groups excluding carboxylic acids is 2. The quantitative estimate of drug-likeness (QED) is 0.888. The first kappa shape index (κ1) is 16.7. The molecule has 1 aromatic carbocycles. The zero-order chi connectivity index (χ0) is 18.3. The van der Waals surface area contributed by atoms with Crippen molar-refractivity contribution in [3.63, 3.8) is 0 Å². The Morgan fingerprint density at radius 2 is 2.15 bits per heavy atom. The smallest absolute Gasteiger partial charge is 0.260 e. The molecular weight excluding hydrogens is 354 g/mol. The summed E-state index contributed by atoms with van der Waals surface area (Å²) in [6.45, 7) is 0. The number of hydrogen-bond donors (Lipinski definition) is 1. The molecule has 3 heterocycles. The van der Waals surface area contributed by atoms with E-state index in [4.69, 9.17) is 9.47 Å². The molecule has 2 atom stereocenters. The molecule has 0 unspecified atom stereocenters. The number of pyridine rings is 1. The Bertz CT molecular complexity index is 874. The van der Waals surface area contributed by atoms with Crippen molar-refractivity contribution in [3.8, 4) is 11.5 Å². The van der Waals surface area contributed by atoms with Crippen LogP contribution in [0.2, 0.25) is 0 Å². The van der Waals surface area contributed by atoms with Gasteiger partial charge >= 0.3 is 0 Å². The second-order valence-electron chi connectivity index (χ2n) is 5.91. The maximum atomic E-state index is 13.1. The zero-order valence-electron chi connectivity index (χ0n) is 14.3. The fourth-order valence-corrected chi connectivity index (χ4v) is 4.81. The molecule has 1 aromatic heterocycles. The number of rotatable bonds is 4. The summed E-state index contributed by atoms with van der Waals surface area (Å²) >= 11 is 1.57. The molecule has 0 saturated carbocycles. The summed E-state index contributed by atoms with van der Waals surface area (Å²) < 4.78 is 10.7. The minimum atomic E-state index is -0.555. The number of thioether (sulfide) groups is 1. The number of nitrogens with zero attached hydrogens (tertiary/aromatic N) is 2. The Hall–Kier alpha value is -2.74. The van der Waals surface area contributed by atoms with Crippen molar-refractivity contribution in [2.24, 2.45) is 0 Å². The van der Waals surface area contributed by atoms with E-state index in [9.17, 15) is 9.59 Å². The van der Waals surface area contributed by atoms with E-state index < -0.39 is 6.04 Å². The Labute approximate surface area is 154 Å². The minimum absolute atomic E-state index is 0.193. The molecule has 4 rings (SSSR count). The van der Waals surface area contributed by atoms with Crippen LogP contribution in [0.3, 0.4) is 0 Å². The number of nitrogens with one attached hydrogen (secondary N) is 1. The molecule has 2 aliphatic heterocycles. The van der Waals surface area contributed by atoms with Gasteiger partial charge in [0.25, 0.3) is 5.91 Å². The van der Waals surface area contributed by atoms with E-state index >= 15 is 0 Å². The number of benzene rings is 1. The van der Waals surface area contributed by atoms with Crippen LogP contribution in [-0.4, -0.2) is 47.7 Å². The predicted molar refractivity (Wildman–Crippen MR) is 97.6 cm³/mol. The van der Waals surface area contributed by atoms with E-state index in [0.29, 0.717) is 28.5 Å². The molecule has 26 heavy (non-hydrogen) atoms. The SMILES string of the molecule is COc1ccc2c(c1OC)C(=O)N1[C@@H](C(=O)Nc3cccnc3)CS[C@@H]21. The lowest BCUT2D eigenvalue weighted by molar-refractivity contribution is -0.119. The standard InChI is InChI=1S/C18H17N3O4S/c1-24-13-6-5-11-14(15(13)25-2)17(23)21-12(9-26-18(11)21)16(22)20-10-4-3-7-19-8-10/h3-8,12,18H,9H2,1-2H3,(H,20,22)/t12-,18+/m1/s1. The summed E-state index contributed by atoms with van der Waals surface area (Å²) in [7, 11) is 3.04. The van der Waals surface area contributed by atoms with Crippen LogP contribution in [0.4, 0.5) is 5.69 Å². The van der Waals surface area contributed by atoms with Gasteiger partial charge in [-0.25, -0.2) is 0 Å². The summed E-state index contributed by atoms with van der Waals surface area (Å²) in [4.78, 5) is 31.4. The van der Waals surface area contributed by atoms with Crippen molar-refractivity contribution >= 4 is 29.3 Å². The monoisotopic (exact) mass is 371 g/mol. The lowest BCUT2D eigenvalue weighted by atomic mass is 10.1. The Balaban J connectivity index is 1.64. The van der Waals surface area contributed by atoms with Crippen molar-refractivity contribution in [2.75, 3.05) is 25.3 Å². The molecule has 134 valence electrons. The normalized spacial score (nSPS) is 20.5. The van der Waals surface area contributed by atoms with Gasteiger partial charge in [0.1, 0.15) is 11.4 Å². The van der Waals surface area contributed by atoms with E-state index in [1.165, 1.54) is 14.2 Å². The van der Waals surface area contributed by atoms with Gasteiger partial charge in [-0.15, -0.1) is 11.8 Å². The number of carbonyl (C=O) groups is 2. The molecule has 1 N–H and O–H groups in total. The van der Waals surface area contributed by atoms with Crippen molar-refractivity contribution in [1.29, 1.82) is 0 Å². The third kappa shape index (κ3) is 2.48. The maximum absolute atomic E-state index is 13.1. The first-order valence-electron chi connectivity index (χ1n) is 8.05. The Morgan fingerprint density at radius 3 is 2.85 bits per heavy atom. The van der Waals surface area contributed by atoms with E-state index in [1.807, 2.05) is 6.07 Å². The molecule has 1 saturated heterocycles. The van der Waals surface area contributed by atoms with Gasteiger partial charge in [-0.2, -0.15) is 0 Å². The number of amides is 2. The number of methoxy groups -OCH3 is 2. The van der Waals surface area contributed by atoms with Crippen molar-refractivity contribution in [2.45, 2.75) is 11.4 Å². The average Bonchev–Trinajstić information content (AvgIpc) is 3.22. The Morgan fingerprint density at radius 1 is 1.31 bits per heavy atom. The Kier molecular flexibility index (Phi) is 4.20. The highest BCUT2D eigenvalue weighted by Gasteiger charge is 2.50. The highest BCUT2D eigenvalue weighted by molar-refractivity contribution is 7.99. The summed E-state index contributed by atoms with van der Waals surface area (Å²) in [5, 5.41) is 2.64. The van der Waals surface area contributed by atoms with Gasteiger partial charge < -0.3 is 19.7 Å². The minimum Gasteiger partial charge on any atom is -0.493 e. The van der Waals surface area contributed by atoms with Gasteiger partial charge in [-0.05, 0) is 18.2 Å². The second-order valence-corrected chi connectivity index (χ2v) is 7.02. The number of hydrogen-bond acceptors (Lipinski definition) is 6. The highest BCUT2D eigenvalue weighted by atomic mass is 32.2. The molecule has 0 radical (unpaired) electrons. The van der Waals surface area contributed by atoms with E-state index in [0.717, 1.165) is 5.56 Å². The summed E-state index contributed by atoms with van der Waals surface area (Å²) in [6.07, 6.45) is 3.21. The third-order valence-corrected chi connectivity index (χ3v) is 5.83. The summed E-state index contributed by atoms with van der Waals surface area (Å²) in [5.41, 5.74) is 1.94. The second kappa shape index (κ2) is 6.53. The number of anilines is 1. The van der Waals surface area contributed by atoms with Crippen LogP contribution in [0.5, 0.6) is 11.5 Å². The fraction of sp³-hybridized carbons (Fsp3) is 0.278. The van der Waals surface area contributed by atoms with Crippen molar-refractivity contribution < 1.29 is 19.1 Å². The molecule has 2 amide bonds. The third-order valence-electron chi connectivity index (χ3n) is 4.52. The summed E-state index contributed by atoms with van der Waals surface area (Å²) in [5.74, 6) is 1.02. The molecule has 0 aliphatic carbocycles. The van der Waals surface area contributed by atoms with E-state index in [1.54, 1.807) is 47.3 Å². The number of ether oxygens (including phenoxy) is 2.